The van der Waals surface area contributed by atoms with Gasteiger partial charge in [0.25, 0.3) is 0 Å². The predicted molar refractivity (Wildman–Crippen MR) is 92.9 cm³/mol. The van der Waals surface area contributed by atoms with Crippen LogP contribution in [-0.2, 0) is 13.0 Å². The Morgan fingerprint density at radius 1 is 0.955 bits per heavy atom. The minimum Gasteiger partial charge on any atom is -0.312 e. The maximum Gasteiger partial charge on any atom is 0.0237 e. The van der Waals surface area contributed by atoms with Crippen molar-refractivity contribution in [1.29, 1.82) is 0 Å². The summed E-state index contributed by atoms with van der Waals surface area (Å²) < 4.78 is 0. The zero-order chi connectivity index (χ0) is 15.2. The summed E-state index contributed by atoms with van der Waals surface area (Å²) in [5, 5.41) is 3.73. The zero-order valence-corrected chi connectivity index (χ0v) is 13.4. The molecule has 3 rings (SSSR count). The van der Waals surface area contributed by atoms with Gasteiger partial charge in [-0.3, -0.25) is 4.90 Å². The third-order valence-corrected chi connectivity index (χ3v) is 4.62. The van der Waals surface area contributed by atoms with Crippen molar-refractivity contribution in [3.63, 3.8) is 0 Å². The van der Waals surface area contributed by atoms with Gasteiger partial charge in [0.2, 0.25) is 0 Å². The first-order valence-electron chi connectivity index (χ1n) is 8.36. The molecule has 0 saturated carbocycles. The van der Waals surface area contributed by atoms with E-state index in [1.165, 1.54) is 17.5 Å². The largest absolute Gasteiger partial charge is 0.312 e. The summed E-state index contributed by atoms with van der Waals surface area (Å²) in [5.41, 5.74) is 2.83. The van der Waals surface area contributed by atoms with E-state index in [1.54, 1.807) is 0 Å². The average Bonchev–Trinajstić information content (AvgIpc) is 2.89. The lowest BCUT2D eigenvalue weighted by Crippen LogP contribution is -2.34. The molecule has 22 heavy (non-hydrogen) atoms. The molecule has 1 N–H and O–H groups in total. The fraction of sp³-hybridized carbons (Fsp3) is 0.400. The topological polar surface area (TPSA) is 15.3 Å². The highest BCUT2D eigenvalue weighted by Gasteiger charge is 2.28. The van der Waals surface area contributed by atoms with Gasteiger partial charge in [0.1, 0.15) is 0 Å². The summed E-state index contributed by atoms with van der Waals surface area (Å²) in [6.07, 6.45) is 2.37. The van der Waals surface area contributed by atoms with Crippen LogP contribution in [0.3, 0.4) is 0 Å². The maximum absolute atomic E-state index is 3.73. The van der Waals surface area contributed by atoms with Crippen molar-refractivity contribution in [3.8, 4) is 0 Å². The summed E-state index contributed by atoms with van der Waals surface area (Å²) >= 11 is 0. The van der Waals surface area contributed by atoms with Crippen molar-refractivity contribution < 1.29 is 0 Å². The van der Waals surface area contributed by atoms with Gasteiger partial charge < -0.3 is 5.32 Å². The minimum atomic E-state index is 0.627. The molecule has 1 aliphatic rings. The Balaban J connectivity index is 1.44. The van der Waals surface area contributed by atoms with Crippen molar-refractivity contribution in [3.05, 3.63) is 71.8 Å². The third-order valence-electron chi connectivity index (χ3n) is 4.62. The number of hydrogen-bond donors (Lipinski definition) is 1. The molecule has 0 amide bonds. The molecule has 0 aliphatic carbocycles. The molecule has 1 fully saturated rings. The molecule has 2 heteroatoms. The lowest BCUT2D eigenvalue weighted by molar-refractivity contribution is 0.257. The molecule has 116 valence electrons. The summed E-state index contributed by atoms with van der Waals surface area (Å²) in [7, 11) is 0. The molecule has 0 bridgehead atoms. The highest BCUT2D eigenvalue weighted by Crippen LogP contribution is 2.20. The van der Waals surface area contributed by atoms with Gasteiger partial charge in [-0.25, -0.2) is 0 Å². The first kappa shape index (κ1) is 15.3. The van der Waals surface area contributed by atoms with Crippen LogP contribution in [0.2, 0.25) is 0 Å². The molecule has 0 radical (unpaired) electrons. The van der Waals surface area contributed by atoms with Gasteiger partial charge >= 0.3 is 0 Å². The molecule has 1 aliphatic heterocycles. The molecule has 1 saturated heterocycles. The molecule has 0 spiro atoms. The predicted octanol–water partition coefficient (Wildman–Crippen LogP) is 3.48. The van der Waals surface area contributed by atoms with Gasteiger partial charge in [-0.1, -0.05) is 60.7 Å². The lowest BCUT2D eigenvalue weighted by Gasteiger charge is -2.21. The van der Waals surface area contributed by atoms with Crippen LogP contribution >= 0.6 is 0 Å². The molecule has 2 aromatic carbocycles. The Kier molecular flexibility index (Phi) is 5.25. The zero-order valence-electron chi connectivity index (χ0n) is 13.4. The fourth-order valence-electron chi connectivity index (χ4n) is 3.35. The quantitative estimate of drug-likeness (QED) is 0.877. The molecule has 0 unspecified atom stereocenters. The summed E-state index contributed by atoms with van der Waals surface area (Å²) in [4.78, 5) is 2.59. The smallest absolute Gasteiger partial charge is 0.0237 e. The molecule has 2 aromatic rings. The minimum absolute atomic E-state index is 0.627. The number of nitrogens with one attached hydrogen (secondary N) is 1. The number of nitrogens with zero attached hydrogens (tertiary/aromatic N) is 1. The van der Waals surface area contributed by atoms with E-state index in [1.807, 2.05) is 0 Å². The Hall–Kier alpha value is -1.64. The van der Waals surface area contributed by atoms with E-state index in [-0.39, 0.29) is 0 Å². The van der Waals surface area contributed by atoms with E-state index in [0.717, 1.165) is 26.1 Å². The molecular weight excluding hydrogens is 268 g/mol. The van der Waals surface area contributed by atoms with Crippen molar-refractivity contribution in [2.24, 2.45) is 0 Å². The van der Waals surface area contributed by atoms with Crippen LogP contribution in [0, 0.1) is 0 Å². The second-order valence-electron chi connectivity index (χ2n) is 6.39. The highest BCUT2D eigenvalue weighted by molar-refractivity contribution is 5.16. The van der Waals surface area contributed by atoms with Gasteiger partial charge in [0, 0.05) is 25.2 Å². The maximum atomic E-state index is 3.73. The monoisotopic (exact) mass is 294 g/mol. The first-order valence-corrected chi connectivity index (χ1v) is 8.36. The highest BCUT2D eigenvalue weighted by atomic mass is 15.2. The van der Waals surface area contributed by atoms with E-state index in [9.17, 15) is 0 Å². The van der Waals surface area contributed by atoms with Crippen molar-refractivity contribution in [2.75, 3.05) is 13.1 Å². The van der Waals surface area contributed by atoms with Crippen molar-refractivity contribution >= 4 is 0 Å². The normalized spacial score (nSPS) is 22.0. The standard InChI is InChI=1S/C20H26N2/c1-17-14-20(21-13-12-18-8-4-2-5-9-18)16-22(17)15-19-10-6-3-7-11-19/h2-11,17,20-21H,12-16H2,1H3/t17-,20+/m0/s1. The lowest BCUT2D eigenvalue weighted by atomic mass is 10.1. The van der Waals surface area contributed by atoms with Gasteiger partial charge in [0.15, 0.2) is 0 Å². The van der Waals surface area contributed by atoms with Crippen LogP contribution in [-0.4, -0.2) is 30.1 Å². The van der Waals surface area contributed by atoms with Gasteiger partial charge in [-0.2, -0.15) is 0 Å². The van der Waals surface area contributed by atoms with Crippen LogP contribution < -0.4 is 5.32 Å². The third kappa shape index (κ3) is 4.19. The van der Waals surface area contributed by atoms with Gasteiger partial charge in [-0.15, -0.1) is 0 Å². The molecular formula is C20H26N2. The van der Waals surface area contributed by atoms with E-state index in [4.69, 9.17) is 0 Å². The Morgan fingerprint density at radius 2 is 1.59 bits per heavy atom. The van der Waals surface area contributed by atoms with Gasteiger partial charge in [-0.05, 0) is 37.4 Å². The number of likely N-dealkylation sites (tertiary alicyclic amines) is 1. The Labute approximate surface area is 134 Å². The van der Waals surface area contributed by atoms with E-state index in [0.29, 0.717) is 12.1 Å². The van der Waals surface area contributed by atoms with Crippen LogP contribution in [0.4, 0.5) is 0 Å². The van der Waals surface area contributed by atoms with Crippen LogP contribution in [0.15, 0.2) is 60.7 Å². The summed E-state index contributed by atoms with van der Waals surface area (Å²) in [6.45, 7) is 5.64. The van der Waals surface area contributed by atoms with Crippen LogP contribution in [0.1, 0.15) is 24.5 Å². The summed E-state index contributed by atoms with van der Waals surface area (Å²) in [6, 6.07) is 22.8. The first-order chi connectivity index (χ1) is 10.8. The SMILES string of the molecule is C[C@H]1C[C@@H](NCCc2ccccc2)CN1Cc1ccccc1. The van der Waals surface area contributed by atoms with Crippen LogP contribution in [0.5, 0.6) is 0 Å². The van der Waals surface area contributed by atoms with Gasteiger partial charge in [0.05, 0.1) is 0 Å². The van der Waals surface area contributed by atoms with E-state index < -0.39 is 0 Å². The van der Waals surface area contributed by atoms with E-state index in [2.05, 4.69) is 77.8 Å². The Bertz CT molecular complexity index is 552. The molecule has 2 nitrogen and oxygen atoms in total. The number of benzene rings is 2. The Morgan fingerprint density at radius 3 is 2.27 bits per heavy atom. The van der Waals surface area contributed by atoms with Crippen LogP contribution in [0.25, 0.3) is 0 Å². The number of rotatable bonds is 6. The van der Waals surface area contributed by atoms with Crippen molar-refractivity contribution in [2.45, 2.75) is 38.4 Å². The average molecular weight is 294 g/mol. The fourth-order valence-corrected chi connectivity index (χ4v) is 3.35. The second kappa shape index (κ2) is 7.57. The van der Waals surface area contributed by atoms with Crippen molar-refractivity contribution in [1.82, 2.24) is 10.2 Å². The van der Waals surface area contributed by atoms with E-state index >= 15 is 0 Å². The summed E-state index contributed by atoms with van der Waals surface area (Å²) in [5.74, 6) is 0. The second-order valence-corrected chi connectivity index (χ2v) is 6.39. The molecule has 2 atom stereocenters. The molecule has 1 heterocycles. The number of hydrogen-bond acceptors (Lipinski definition) is 2. The molecule has 0 aromatic heterocycles.